The van der Waals surface area contributed by atoms with E-state index in [-0.39, 0.29) is 6.10 Å². The third-order valence-corrected chi connectivity index (χ3v) is 6.76. The highest BCUT2D eigenvalue weighted by molar-refractivity contribution is 5.08. The second-order valence-electron chi connectivity index (χ2n) is 7.46. The Kier molecular flexibility index (Phi) is 3.56. The highest BCUT2D eigenvalue weighted by Gasteiger charge is 2.55. The van der Waals surface area contributed by atoms with Crippen LogP contribution in [0.25, 0.3) is 0 Å². The molecule has 20 heavy (non-hydrogen) atoms. The first-order valence-electron chi connectivity index (χ1n) is 8.72. The van der Waals surface area contributed by atoms with Gasteiger partial charge in [0.1, 0.15) is 0 Å². The van der Waals surface area contributed by atoms with E-state index in [1.807, 2.05) is 7.11 Å². The highest BCUT2D eigenvalue weighted by atomic mass is 16.5. The Balaban J connectivity index is 1.35. The number of ether oxygens (including phenoxy) is 2. The van der Waals surface area contributed by atoms with E-state index in [2.05, 4.69) is 12.2 Å². The summed E-state index contributed by atoms with van der Waals surface area (Å²) in [5.41, 5.74) is 0. The third-order valence-electron chi connectivity index (χ3n) is 6.76. The van der Waals surface area contributed by atoms with Crippen LogP contribution in [0.4, 0.5) is 0 Å². The molecule has 4 aliphatic carbocycles. The molecule has 0 aromatic heterocycles. The smallest absolute Gasteiger partial charge is 0.0986 e. The van der Waals surface area contributed by atoms with Crippen LogP contribution in [0.2, 0.25) is 0 Å². The quantitative estimate of drug-likeness (QED) is 0.839. The van der Waals surface area contributed by atoms with Crippen molar-refractivity contribution in [3.63, 3.8) is 0 Å². The lowest BCUT2D eigenvalue weighted by Crippen LogP contribution is -2.62. The normalized spacial score (nSPS) is 53.1. The van der Waals surface area contributed by atoms with Crippen molar-refractivity contribution in [3.05, 3.63) is 0 Å². The van der Waals surface area contributed by atoms with Gasteiger partial charge in [-0.15, -0.1) is 0 Å². The fraction of sp³-hybridized carbons (Fsp3) is 1.00. The molecule has 0 spiro atoms. The minimum Gasteiger partial charge on any atom is -0.377 e. The first kappa shape index (κ1) is 13.5. The summed E-state index contributed by atoms with van der Waals surface area (Å²) in [6, 6.07) is 1.30. The van der Waals surface area contributed by atoms with E-state index in [4.69, 9.17) is 9.47 Å². The van der Waals surface area contributed by atoms with Gasteiger partial charge in [-0.05, 0) is 62.7 Å². The minimum absolute atomic E-state index is 0.272. The summed E-state index contributed by atoms with van der Waals surface area (Å²) in [5.74, 6) is 4.15. The van der Waals surface area contributed by atoms with E-state index in [1.165, 1.54) is 32.1 Å². The number of nitrogens with one attached hydrogen (secondary N) is 1. The van der Waals surface area contributed by atoms with Gasteiger partial charge in [0.2, 0.25) is 0 Å². The summed E-state index contributed by atoms with van der Waals surface area (Å²) in [6.07, 6.45) is 9.18. The standard InChI is InChI=1S/C17H29NO2/c1-3-20-16-9-15(17(16)19-2)18-14-8-10-7-13(14)12-6-4-5-11(10)12/h10-18H,3-9H2,1-2H3. The predicted molar refractivity (Wildman–Crippen MR) is 78.6 cm³/mol. The number of hydrogen-bond acceptors (Lipinski definition) is 3. The second-order valence-corrected chi connectivity index (χ2v) is 7.46. The van der Waals surface area contributed by atoms with E-state index in [0.29, 0.717) is 12.1 Å². The maximum atomic E-state index is 5.74. The summed E-state index contributed by atoms with van der Waals surface area (Å²) in [5, 5.41) is 3.94. The lowest BCUT2D eigenvalue weighted by Gasteiger charge is -2.46. The van der Waals surface area contributed by atoms with Gasteiger partial charge in [0, 0.05) is 25.8 Å². The average molecular weight is 279 g/mol. The molecule has 0 aliphatic heterocycles. The number of rotatable bonds is 5. The van der Waals surface area contributed by atoms with Crippen molar-refractivity contribution in [3.8, 4) is 0 Å². The Hall–Kier alpha value is -0.120. The first-order chi connectivity index (χ1) is 9.81. The zero-order valence-electron chi connectivity index (χ0n) is 12.9. The maximum Gasteiger partial charge on any atom is 0.0986 e. The molecule has 3 nitrogen and oxygen atoms in total. The number of methoxy groups -OCH3 is 1. The van der Waals surface area contributed by atoms with Gasteiger partial charge < -0.3 is 14.8 Å². The summed E-state index contributed by atoms with van der Waals surface area (Å²) in [6.45, 7) is 2.87. The molecule has 0 saturated heterocycles. The van der Waals surface area contributed by atoms with Crippen LogP contribution in [0, 0.1) is 23.7 Å². The van der Waals surface area contributed by atoms with Crippen molar-refractivity contribution >= 4 is 0 Å². The van der Waals surface area contributed by atoms with Crippen molar-refractivity contribution in [1.29, 1.82) is 0 Å². The molecule has 4 rings (SSSR count). The van der Waals surface area contributed by atoms with Gasteiger partial charge in [0.25, 0.3) is 0 Å². The number of fused-ring (bicyclic) bond motifs is 5. The third kappa shape index (κ3) is 1.97. The van der Waals surface area contributed by atoms with Crippen LogP contribution in [-0.2, 0) is 9.47 Å². The van der Waals surface area contributed by atoms with E-state index < -0.39 is 0 Å². The van der Waals surface area contributed by atoms with Crippen LogP contribution in [0.5, 0.6) is 0 Å². The molecule has 0 heterocycles. The van der Waals surface area contributed by atoms with Crippen molar-refractivity contribution < 1.29 is 9.47 Å². The molecule has 0 radical (unpaired) electrons. The molecule has 4 fully saturated rings. The van der Waals surface area contributed by atoms with Crippen LogP contribution >= 0.6 is 0 Å². The lowest BCUT2D eigenvalue weighted by atomic mass is 9.77. The molecular formula is C17H29NO2. The number of hydrogen-bond donors (Lipinski definition) is 1. The Morgan fingerprint density at radius 1 is 1.00 bits per heavy atom. The van der Waals surface area contributed by atoms with Crippen molar-refractivity contribution in [2.24, 2.45) is 23.7 Å². The highest BCUT2D eigenvalue weighted by Crippen LogP contribution is 2.58. The molecule has 2 bridgehead atoms. The minimum atomic E-state index is 0.272. The second kappa shape index (κ2) is 5.26. The van der Waals surface area contributed by atoms with Gasteiger partial charge in [-0.2, -0.15) is 0 Å². The van der Waals surface area contributed by atoms with Gasteiger partial charge in [-0.3, -0.25) is 0 Å². The molecule has 0 aromatic rings. The van der Waals surface area contributed by atoms with Crippen LogP contribution in [-0.4, -0.2) is 38.0 Å². The first-order valence-corrected chi connectivity index (χ1v) is 8.72. The zero-order chi connectivity index (χ0) is 13.7. The van der Waals surface area contributed by atoms with Crippen LogP contribution in [0.15, 0.2) is 0 Å². The summed E-state index contributed by atoms with van der Waals surface area (Å²) in [7, 11) is 1.83. The van der Waals surface area contributed by atoms with E-state index in [9.17, 15) is 0 Å². The monoisotopic (exact) mass is 279 g/mol. The van der Waals surface area contributed by atoms with Crippen LogP contribution in [0.3, 0.4) is 0 Å². The molecular weight excluding hydrogens is 250 g/mol. The molecule has 1 N–H and O–H groups in total. The van der Waals surface area contributed by atoms with Crippen molar-refractivity contribution in [2.45, 2.75) is 69.7 Å². The molecule has 8 atom stereocenters. The molecule has 3 heteroatoms. The van der Waals surface area contributed by atoms with Crippen LogP contribution < -0.4 is 5.32 Å². The van der Waals surface area contributed by atoms with Gasteiger partial charge in [-0.1, -0.05) is 6.42 Å². The van der Waals surface area contributed by atoms with Crippen molar-refractivity contribution in [1.82, 2.24) is 5.32 Å². The van der Waals surface area contributed by atoms with Gasteiger partial charge >= 0.3 is 0 Å². The SMILES string of the molecule is CCOC1CC(NC2CC3CC2C2CCCC32)C1OC. The summed E-state index contributed by atoms with van der Waals surface area (Å²) >= 11 is 0. The molecule has 8 unspecified atom stereocenters. The molecule has 4 saturated carbocycles. The Labute approximate surface area is 122 Å². The van der Waals surface area contributed by atoms with E-state index >= 15 is 0 Å². The summed E-state index contributed by atoms with van der Waals surface area (Å²) in [4.78, 5) is 0. The topological polar surface area (TPSA) is 30.5 Å². The fourth-order valence-corrected chi connectivity index (χ4v) is 5.97. The zero-order valence-corrected chi connectivity index (χ0v) is 12.9. The largest absolute Gasteiger partial charge is 0.377 e. The Bertz CT molecular complexity index is 361. The predicted octanol–water partition coefficient (Wildman–Crippen LogP) is 2.59. The van der Waals surface area contributed by atoms with Gasteiger partial charge in [0.05, 0.1) is 12.2 Å². The van der Waals surface area contributed by atoms with E-state index in [0.717, 1.165) is 42.7 Å². The molecule has 0 amide bonds. The van der Waals surface area contributed by atoms with Gasteiger partial charge in [-0.25, -0.2) is 0 Å². The van der Waals surface area contributed by atoms with Crippen molar-refractivity contribution in [2.75, 3.05) is 13.7 Å². The molecule has 114 valence electrons. The Morgan fingerprint density at radius 2 is 1.85 bits per heavy atom. The van der Waals surface area contributed by atoms with Gasteiger partial charge in [0.15, 0.2) is 0 Å². The fourth-order valence-electron chi connectivity index (χ4n) is 5.97. The average Bonchev–Trinajstić information content (AvgIpc) is 3.10. The lowest BCUT2D eigenvalue weighted by molar-refractivity contribution is -0.134. The molecule has 4 aliphatic rings. The summed E-state index contributed by atoms with van der Waals surface area (Å²) < 4.78 is 11.4. The Morgan fingerprint density at radius 3 is 2.65 bits per heavy atom. The maximum absolute atomic E-state index is 5.74. The molecule has 0 aromatic carbocycles. The van der Waals surface area contributed by atoms with Crippen LogP contribution in [0.1, 0.15) is 45.4 Å². The van der Waals surface area contributed by atoms with E-state index in [1.54, 1.807) is 0 Å².